The minimum atomic E-state index is 0.887. The lowest BCUT2D eigenvalue weighted by molar-refractivity contribution is 0.469. The second kappa shape index (κ2) is 19.6. The summed E-state index contributed by atoms with van der Waals surface area (Å²) in [5.41, 5.74) is 0. The molecule has 0 saturated heterocycles. The van der Waals surface area contributed by atoms with Gasteiger partial charge in [0.15, 0.2) is 0 Å². The molecule has 0 aromatic heterocycles. The summed E-state index contributed by atoms with van der Waals surface area (Å²) in [6.07, 6.45) is 26.8. The Hall–Kier alpha value is -0.460. The van der Waals surface area contributed by atoms with Crippen molar-refractivity contribution in [3.8, 4) is 0 Å². The van der Waals surface area contributed by atoms with Crippen molar-refractivity contribution in [2.24, 2.45) is 5.92 Å². The number of hydrogen-bond donors (Lipinski definition) is 1. The molecule has 0 amide bonds. The van der Waals surface area contributed by atoms with Crippen LogP contribution >= 0.6 is 0 Å². The summed E-state index contributed by atoms with van der Waals surface area (Å²) in [6.45, 7) is 4.66. The second-order valence-corrected chi connectivity index (χ2v) is 7.66. The van der Waals surface area contributed by atoms with Crippen molar-refractivity contribution in [2.45, 2.75) is 123 Å². The van der Waals surface area contributed by atoms with E-state index in [1.807, 2.05) is 6.08 Å². The molecular formula is C22H44O. The first-order valence-corrected chi connectivity index (χ1v) is 10.6. The minimum absolute atomic E-state index is 0.887. The van der Waals surface area contributed by atoms with E-state index in [-0.39, 0.29) is 0 Å². The maximum atomic E-state index is 8.53. The van der Waals surface area contributed by atoms with Gasteiger partial charge in [-0.3, -0.25) is 0 Å². The maximum Gasteiger partial charge on any atom is 0.0751 e. The van der Waals surface area contributed by atoms with Crippen LogP contribution in [0.1, 0.15) is 123 Å². The summed E-state index contributed by atoms with van der Waals surface area (Å²) < 4.78 is 0. The van der Waals surface area contributed by atoms with Crippen molar-refractivity contribution in [1.82, 2.24) is 0 Å². The van der Waals surface area contributed by atoms with Gasteiger partial charge in [0.05, 0.1) is 6.26 Å². The average molecular weight is 325 g/mol. The molecule has 0 unspecified atom stereocenters. The van der Waals surface area contributed by atoms with E-state index in [2.05, 4.69) is 13.8 Å². The van der Waals surface area contributed by atoms with Crippen LogP contribution in [0.2, 0.25) is 0 Å². The fourth-order valence-corrected chi connectivity index (χ4v) is 3.19. The lowest BCUT2D eigenvalue weighted by Crippen LogP contribution is -1.87. The first-order chi connectivity index (χ1) is 11.3. The van der Waals surface area contributed by atoms with Crippen LogP contribution in [0.15, 0.2) is 12.3 Å². The van der Waals surface area contributed by atoms with Gasteiger partial charge in [-0.05, 0) is 18.8 Å². The zero-order chi connectivity index (χ0) is 17.0. The van der Waals surface area contributed by atoms with Crippen LogP contribution in [0.4, 0.5) is 0 Å². The molecule has 1 nitrogen and oxygen atoms in total. The molecule has 0 atom stereocenters. The summed E-state index contributed by atoms with van der Waals surface area (Å²) in [4.78, 5) is 0. The molecular weight excluding hydrogens is 280 g/mol. The Balaban J connectivity index is 2.97. The molecule has 0 aromatic carbocycles. The highest BCUT2D eigenvalue weighted by atomic mass is 16.2. The van der Waals surface area contributed by atoms with Crippen molar-refractivity contribution < 1.29 is 5.11 Å². The van der Waals surface area contributed by atoms with Crippen LogP contribution in [-0.4, -0.2) is 5.11 Å². The molecule has 0 heterocycles. The van der Waals surface area contributed by atoms with Gasteiger partial charge in [0.25, 0.3) is 0 Å². The smallest absolute Gasteiger partial charge is 0.0751 e. The third kappa shape index (κ3) is 21.5. The minimum Gasteiger partial charge on any atom is -0.516 e. The van der Waals surface area contributed by atoms with Crippen LogP contribution in [0, 0.1) is 5.92 Å². The molecule has 0 rings (SSSR count). The Labute approximate surface area is 147 Å². The molecule has 0 fully saturated rings. The van der Waals surface area contributed by atoms with Crippen molar-refractivity contribution in [3.05, 3.63) is 12.3 Å². The van der Waals surface area contributed by atoms with Gasteiger partial charge in [-0.25, -0.2) is 0 Å². The Morgan fingerprint density at radius 3 is 1.26 bits per heavy atom. The number of hydrogen-bond acceptors (Lipinski definition) is 1. The quantitative estimate of drug-likeness (QED) is 0.198. The van der Waals surface area contributed by atoms with Gasteiger partial charge in [-0.15, -0.1) is 0 Å². The zero-order valence-electron chi connectivity index (χ0n) is 16.2. The predicted molar refractivity (Wildman–Crippen MR) is 105 cm³/mol. The monoisotopic (exact) mass is 324 g/mol. The summed E-state index contributed by atoms with van der Waals surface area (Å²) in [5, 5.41) is 8.53. The molecule has 0 aliphatic heterocycles. The van der Waals surface area contributed by atoms with Crippen molar-refractivity contribution >= 4 is 0 Å². The number of aliphatic hydroxyl groups is 1. The Morgan fingerprint density at radius 1 is 0.565 bits per heavy atom. The number of rotatable bonds is 18. The Morgan fingerprint density at radius 2 is 0.913 bits per heavy atom. The molecule has 0 radical (unpaired) electrons. The Kier molecular flexibility index (Phi) is 19.2. The van der Waals surface area contributed by atoms with Crippen LogP contribution in [0.3, 0.4) is 0 Å². The second-order valence-electron chi connectivity index (χ2n) is 7.66. The van der Waals surface area contributed by atoms with Crippen molar-refractivity contribution in [2.75, 3.05) is 0 Å². The molecule has 0 aromatic rings. The lowest BCUT2D eigenvalue weighted by Gasteiger charge is -2.05. The highest BCUT2D eigenvalue weighted by Crippen LogP contribution is 2.15. The van der Waals surface area contributed by atoms with Gasteiger partial charge in [-0.1, -0.05) is 116 Å². The fraction of sp³-hybridized carbons (Fsp3) is 0.909. The van der Waals surface area contributed by atoms with Gasteiger partial charge < -0.3 is 5.11 Å². The van der Waals surface area contributed by atoms with E-state index >= 15 is 0 Å². The molecule has 0 spiro atoms. The highest BCUT2D eigenvalue weighted by molar-refractivity contribution is 4.70. The third-order valence-electron chi connectivity index (χ3n) is 4.76. The molecule has 138 valence electrons. The normalized spacial score (nSPS) is 11.8. The van der Waals surface area contributed by atoms with E-state index in [1.165, 1.54) is 109 Å². The molecule has 1 heteroatoms. The van der Waals surface area contributed by atoms with Crippen LogP contribution in [-0.2, 0) is 0 Å². The molecule has 0 aliphatic carbocycles. The standard InChI is InChI=1S/C22H44O/c1-22(2)20-18-16-14-12-10-8-6-4-3-5-7-9-11-13-15-17-19-21-23/h19,21-23H,3-18,20H2,1-2H3. The molecule has 23 heavy (non-hydrogen) atoms. The number of unbranched alkanes of at least 4 members (excludes halogenated alkanes) is 15. The summed E-state index contributed by atoms with van der Waals surface area (Å²) in [6, 6.07) is 0. The van der Waals surface area contributed by atoms with Gasteiger partial charge in [0.1, 0.15) is 0 Å². The average Bonchev–Trinajstić information content (AvgIpc) is 2.53. The van der Waals surface area contributed by atoms with Gasteiger partial charge in [0.2, 0.25) is 0 Å². The number of allylic oxidation sites excluding steroid dienone is 1. The van der Waals surface area contributed by atoms with Gasteiger partial charge >= 0.3 is 0 Å². The molecule has 0 aliphatic rings. The van der Waals surface area contributed by atoms with Gasteiger partial charge in [-0.2, -0.15) is 0 Å². The van der Waals surface area contributed by atoms with E-state index in [1.54, 1.807) is 0 Å². The predicted octanol–water partition coefficient (Wildman–Crippen LogP) is 8.35. The lowest BCUT2D eigenvalue weighted by atomic mass is 10.0. The summed E-state index contributed by atoms with van der Waals surface area (Å²) in [7, 11) is 0. The maximum absolute atomic E-state index is 8.53. The molecule has 0 bridgehead atoms. The van der Waals surface area contributed by atoms with Gasteiger partial charge in [0, 0.05) is 0 Å². The van der Waals surface area contributed by atoms with E-state index in [9.17, 15) is 0 Å². The zero-order valence-corrected chi connectivity index (χ0v) is 16.2. The highest BCUT2D eigenvalue weighted by Gasteiger charge is 1.96. The fourth-order valence-electron chi connectivity index (χ4n) is 3.19. The van der Waals surface area contributed by atoms with E-state index in [4.69, 9.17) is 5.11 Å². The number of aliphatic hydroxyl groups excluding tert-OH is 1. The van der Waals surface area contributed by atoms with E-state index in [0.29, 0.717) is 0 Å². The molecule has 1 N–H and O–H groups in total. The first kappa shape index (κ1) is 22.5. The van der Waals surface area contributed by atoms with Crippen LogP contribution < -0.4 is 0 Å². The first-order valence-electron chi connectivity index (χ1n) is 10.6. The SMILES string of the molecule is CC(C)CCCCCCCCCCCCCCCCCC=CO. The van der Waals surface area contributed by atoms with Crippen LogP contribution in [0.25, 0.3) is 0 Å². The summed E-state index contributed by atoms with van der Waals surface area (Å²) in [5.74, 6) is 0.887. The van der Waals surface area contributed by atoms with Crippen LogP contribution in [0.5, 0.6) is 0 Å². The van der Waals surface area contributed by atoms with Crippen molar-refractivity contribution in [1.29, 1.82) is 0 Å². The van der Waals surface area contributed by atoms with E-state index in [0.717, 1.165) is 12.3 Å². The Bertz CT molecular complexity index is 232. The third-order valence-corrected chi connectivity index (χ3v) is 4.76. The topological polar surface area (TPSA) is 20.2 Å². The summed E-state index contributed by atoms with van der Waals surface area (Å²) >= 11 is 0. The van der Waals surface area contributed by atoms with E-state index < -0.39 is 0 Å². The molecule has 0 saturated carbocycles. The largest absolute Gasteiger partial charge is 0.516 e. The van der Waals surface area contributed by atoms with Crippen molar-refractivity contribution in [3.63, 3.8) is 0 Å².